The number of pyridine rings is 1. The van der Waals surface area contributed by atoms with Crippen LogP contribution in [0.15, 0.2) is 35.4 Å². The van der Waals surface area contributed by atoms with Crippen LogP contribution in [0.2, 0.25) is 0 Å². The molecule has 2 aromatic rings. The number of nitrogens with one attached hydrogen (secondary N) is 1. The summed E-state index contributed by atoms with van der Waals surface area (Å²) >= 11 is 0. The summed E-state index contributed by atoms with van der Waals surface area (Å²) in [6.45, 7) is 5.17. The number of aryl methyl sites for hydroxylation is 3. The standard InChI is InChI=1S/C15H17FN2O2S/c1-10-6-14(16)7-11(2)15(10)21(19,20)18-9-13-5-4-12(3)17-8-13/h4-8,18H,9H2,1-3H3. The van der Waals surface area contributed by atoms with Crippen molar-refractivity contribution < 1.29 is 12.8 Å². The minimum absolute atomic E-state index is 0.129. The molecule has 6 heteroatoms. The number of hydrogen-bond acceptors (Lipinski definition) is 3. The van der Waals surface area contributed by atoms with Crippen LogP contribution in [0.25, 0.3) is 0 Å². The zero-order valence-electron chi connectivity index (χ0n) is 12.1. The van der Waals surface area contributed by atoms with Gasteiger partial charge in [-0.15, -0.1) is 0 Å². The molecule has 0 fully saturated rings. The normalized spacial score (nSPS) is 11.6. The number of rotatable bonds is 4. The highest BCUT2D eigenvalue weighted by molar-refractivity contribution is 7.89. The van der Waals surface area contributed by atoms with Gasteiger partial charge in [-0.25, -0.2) is 17.5 Å². The van der Waals surface area contributed by atoms with Crippen molar-refractivity contribution in [1.29, 1.82) is 0 Å². The molecule has 21 heavy (non-hydrogen) atoms. The molecular formula is C15H17FN2O2S. The molecule has 0 radical (unpaired) electrons. The summed E-state index contributed by atoms with van der Waals surface area (Å²) < 4.78 is 40.5. The Labute approximate surface area is 124 Å². The molecule has 1 aromatic carbocycles. The van der Waals surface area contributed by atoms with Crippen molar-refractivity contribution in [2.24, 2.45) is 0 Å². The van der Waals surface area contributed by atoms with Gasteiger partial charge in [-0.2, -0.15) is 0 Å². The van der Waals surface area contributed by atoms with Crippen molar-refractivity contribution in [1.82, 2.24) is 9.71 Å². The number of benzene rings is 1. The highest BCUT2D eigenvalue weighted by Crippen LogP contribution is 2.21. The lowest BCUT2D eigenvalue weighted by Gasteiger charge is -2.12. The predicted molar refractivity (Wildman–Crippen MR) is 78.9 cm³/mol. The molecule has 1 heterocycles. The van der Waals surface area contributed by atoms with E-state index in [2.05, 4.69) is 9.71 Å². The molecule has 0 aliphatic carbocycles. The van der Waals surface area contributed by atoms with Crippen LogP contribution >= 0.6 is 0 Å². The Morgan fingerprint density at radius 2 is 1.76 bits per heavy atom. The Morgan fingerprint density at radius 3 is 2.29 bits per heavy atom. The molecule has 0 saturated carbocycles. The van der Waals surface area contributed by atoms with Gasteiger partial charge in [0.25, 0.3) is 0 Å². The number of hydrogen-bond donors (Lipinski definition) is 1. The first-order valence-corrected chi connectivity index (χ1v) is 7.96. The van der Waals surface area contributed by atoms with Gasteiger partial charge in [-0.3, -0.25) is 4.98 Å². The Balaban J connectivity index is 2.25. The fraction of sp³-hybridized carbons (Fsp3) is 0.267. The van der Waals surface area contributed by atoms with E-state index in [1.165, 1.54) is 12.1 Å². The first kappa shape index (κ1) is 15.6. The minimum atomic E-state index is -3.69. The van der Waals surface area contributed by atoms with Crippen LogP contribution in [0.5, 0.6) is 0 Å². The van der Waals surface area contributed by atoms with Crippen LogP contribution in [-0.4, -0.2) is 13.4 Å². The van der Waals surface area contributed by atoms with Gasteiger partial charge in [0.05, 0.1) is 4.90 Å². The van der Waals surface area contributed by atoms with Gasteiger partial charge in [0.15, 0.2) is 0 Å². The van der Waals surface area contributed by atoms with Crippen LogP contribution in [-0.2, 0) is 16.6 Å². The smallest absolute Gasteiger partial charge is 0.241 e. The summed E-state index contributed by atoms with van der Waals surface area (Å²) in [6, 6.07) is 6.07. The topological polar surface area (TPSA) is 59.1 Å². The fourth-order valence-electron chi connectivity index (χ4n) is 2.17. The number of sulfonamides is 1. The van der Waals surface area contributed by atoms with Crippen LogP contribution in [0.1, 0.15) is 22.4 Å². The third kappa shape index (κ3) is 3.65. The van der Waals surface area contributed by atoms with E-state index in [4.69, 9.17) is 0 Å². The van der Waals surface area contributed by atoms with E-state index in [0.29, 0.717) is 11.1 Å². The lowest BCUT2D eigenvalue weighted by atomic mass is 10.1. The van der Waals surface area contributed by atoms with Crippen LogP contribution in [0.4, 0.5) is 4.39 Å². The molecule has 0 aliphatic heterocycles. The molecule has 1 aromatic heterocycles. The number of nitrogens with zero attached hydrogens (tertiary/aromatic N) is 1. The Bertz CT molecular complexity index is 733. The lowest BCUT2D eigenvalue weighted by Crippen LogP contribution is -2.25. The predicted octanol–water partition coefficient (Wildman–Crippen LogP) is 2.62. The van der Waals surface area contributed by atoms with Crippen molar-refractivity contribution >= 4 is 10.0 Å². The van der Waals surface area contributed by atoms with Crippen molar-refractivity contribution in [3.05, 3.63) is 58.7 Å². The molecule has 0 amide bonds. The molecule has 1 N–H and O–H groups in total. The first-order chi connectivity index (χ1) is 9.79. The Hall–Kier alpha value is -1.79. The Kier molecular flexibility index (Phi) is 4.39. The van der Waals surface area contributed by atoms with E-state index in [1.54, 1.807) is 20.0 Å². The van der Waals surface area contributed by atoms with Crippen LogP contribution in [0.3, 0.4) is 0 Å². The van der Waals surface area contributed by atoms with Gasteiger partial charge in [-0.1, -0.05) is 6.07 Å². The second-order valence-electron chi connectivity index (χ2n) is 5.00. The van der Waals surface area contributed by atoms with Gasteiger partial charge in [0.2, 0.25) is 10.0 Å². The molecule has 0 spiro atoms. The summed E-state index contributed by atoms with van der Waals surface area (Å²) in [4.78, 5) is 4.24. The van der Waals surface area contributed by atoms with E-state index in [1.807, 2.05) is 19.1 Å². The third-order valence-electron chi connectivity index (χ3n) is 3.13. The first-order valence-electron chi connectivity index (χ1n) is 6.47. The van der Waals surface area contributed by atoms with Gasteiger partial charge in [0.1, 0.15) is 5.82 Å². The maximum atomic E-state index is 13.3. The molecule has 0 aliphatic rings. The van der Waals surface area contributed by atoms with Crippen LogP contribution < -0.4 is 4.72 Å². The number of halogens is 1. The summed E-state index contributed by atoms with van der Waals surface area (Å²) in [5.41, 5.74) is 2.41. The quantitative estimate of drug-likeness (QED) is 0.944. The fourth-order valence-corrected chi connectivity index (χ4v) is 3.64. The van der Waals surface area contributed by atoms with Crippen LogP contribution in [0, 0.1) is 26.6 Å². The largest absolute Gasteiger partial charge is 0.261 e. The van der Waals surface area contributed by atoms with Crippen molar-refractivity contribution in [3.63, 3.8) is 0 Å². The average molecular weight is 308 g/mol. The van der Waals surface area contributed by atoms with Gasteiger partial charge >= 0.3 is 0 Å². The molecular weight excluding hydrogens is 291 g/mol. The van der Waals surface area contributed by atoms with Gasteiger partial charge < -0.3 is 0 Å². The molecule has 0 saturated heterocycles. The summed E-state index contributed by atoms with van der Waals surface area (Å²) in [5.74, 6) is -0.438. The second kappa shape index (κ2) is 5.91. The molecule has 0 unspecified atom stereocenters. The summed E-state index contributed by atoms with van der Waals surface area (Å²) in [5, 5.41) is 0. The van der Waals surface area contributed by atoms with E-state index < -0.39 is 15.8 Å². The Morgan fingerprint density at radius 1 is 1.14 bits per heavy atom. The summed E-state index contributed by atoms with van der Waals surface area (Å²) in [7, 11) is -3.69. The van der Waals surface area contributed by atoms with Crippen molar-refractivity contribution in [3.8, 4) is 0 Å². The average Bonchev–Trinajstić information content (AvgIpc) is 2.36. The zero-order valence-corrected chi connectivity index (χ0v) is 13.0. The van der Waals surface area contributed by atoms with E-state index >= 15 is 0 Å². The maximum absolute atomic E-state index is 13.3. The highest BCUT2D eigenvalue weighted by Gasteiger charge is 2.20. The van der Waals surface area contributed by atoms with Gasteiger partial charge in [0, 0.05) is 18.4 Å². The summed E-state index contributed by atoms with van der Waals surface area (Å²) in [6.07, 6.45) is 1.63. The van der Waals surface area contributed by atoms with E-state index in [0.717, 1.165) is 11.3 Å². The highest BCUT2D eigenvalue weighted by atomic mass is 32.2. The SMILES string of the molecule is Cc1ccc(CNS(=O)(=O)c2c(C)cc(F)cc2C)cn1. The number of aromatic nitrogens is 1. The lowest BCUT2D eigenvalue weighted by molar-refractivity contribution is 0.578. The molecule has 112 valence electrons. The zero-order chi connectivity index (χ0) is 15.6. The second-order valence-corrected chi connectivity index (χ2v) is 6.70. The maximum Gasteiger partial charge on any atom is 0.241 e. The van der Waals surface area contributed by atoms with Gasteiger partial charge in [-0.05, 0) is 55.7 Å². The molecule has 2 rings (SSSR count). The monoisotopic (exact) mass is 308 g/mol. The molecule has 0 atom stereocenters. The van der Waals surface area contributed by atoms with Crippen molar-refractivity contribution in [2.75, 3.05) is 0 Å². The van der Waals surface area contributed by atoms with E-state index in [-0.39, 0.29) is 11.4 Å². The molecule has 0 bridgehead atoms. The third-order valence-corrected chi connectivity index (χ3v) is 4.84. The van der Waals surface area contributed by atoms with Crippen molar-refractivity contribution in [2.45, 2.75) is 32.2 Å². The molecule has 4 nitrogen and oxygen atoms in total. The van der Waals surface area contributed by atoms with E-state index in [9.17, 15) is 12.8 Å². The minimum Gasteiger partial charge on any atom is -0.261 e.